The molecule has 2 amide bonds. The summed E-state index contributed by atoms with van der Waals surface area (Å²) in [7, 11) is 4.08. The number of nitro benzene ring substituents is 2. The molecular weight excluding hydrogens is 618 g/mol. The zero-order valence-corrected chi connectivity index (χ0v) is 26.3. The van der Waals surface area contributed by atoms with Gasteiger partial charge in [0.05, 0.1) is 9.85 Å². The van der Waals surface area contributed by atoms with Crippen LogP contribution in [0.25, 0.3) is 0 Å². The standard InChI is InChI=1S/C12H15N3O3.C12H17N3O.C7H4ClNO3/c1-13-5-7-14(8-6-13)12(16)10-3-2-4-11(9-10)15(17)18;1-14-5-7-15(8-6-14)12(16)10-3-2-4-11(13)9-10;8-7(10)5-2-1-3-6(4-5)9(11)12/h2-4,9H,5-8H2,1H3;2-4,9H,5-8,13H2,1H3;1-4H. The van der Waals surface area contributed by atoms with Crippen LogP contribution in [0.4, 0.5) is 17.1 Å². The molecule has 2 aliphatic rings. The minimum absolute atomic E-state index is 0.0463. The van der Waals surface area contributed by atoms with Crippen LogP contribution in [0.1, 0.15) is 31.1 Å². The summed E-state index contributed by atoms with van der Waals surface area (Å²) in [5.41, 5.74) is 7.32. The van der Waals surface area contributed by atoms with Crippen LogP contribution in [0.15, 0.2) is 72.8 Å². The molecule has 2 fully saturated rings. The lowest BCUT2D eigenvalue weighted by Crippen LogP contribution is -2.47. The number of piperazine rings is 2. The first-order valence-corrected chi connectivity index (χ1v) is 14.7. The summed E-state index contributed by atoms with van der Waals surface area (Å²) < 4.78 is 0. The number of hydrogen-bond donors (Lipinski definition) is 1. The maximum Gasteiger partial charge on any atom is 0.270 e. The highest BCUT2D eigenvalue weighted by molar-refractivity contribution is 6.67. The summed E-state index contributed by atoms with van der Waals surface area (Å²) >= 11 is 5.12. The van der Waals surface area contributed by atoms with Crippen molar-refractivity contribution in [2.75, 3.05) is 72.2 Å². The van der Waals surface area contributed by atoms with Gasteiger partial charge in [-0.2, -0.15) is 0 Å². The second kappa shape index (κ2) is 17.0. The molecule has 2 N–H and O–H groups in total. The first kappa shape index (κ1) is 35.6. The van der Waals surface area contributed by atoms with Crippen LogP contribution in [-0.2, 0) is 0 Å². The molecule has 0 radical (unpaired) electrons. The Morgan fingerprint density at radius 2 is 1.00 bits per heavy atom. The predicted molar refractivity (Wildman–Crippen MR) is 174 cm³/mol. The van der Waals surface area contributed by atoms with Gasteiger partial charge >= 0.3 is 0 Å². The molecule has 0 aromatic heterocycles. The van der Waals surface area contributed by atoms with E-state index in [4.69, 9.17) is 17.3 Å². The molecule has 2 saturated heterocycles. The zero-order valence-electron chi connectivity index (χ0n) is 25.6. The third-order valence-corrected chi connectivity index (χ3v) is 7.52. The lowest BCUT2D eigenvalue weighted by molar-refractivity contribution is -0.385. The highest BCUT2D eigenvalue weighted by Gasteiger charge is 2.22. The van der Waals surface area contributed by atoms with Crippen LogP contribution >= 0.6 is 11.6 Å². The molecule has 2 aliphatic heterocycles. The molecule has 0 bridgehead atoms. The van der Waals surface area contributed by atoms with E-state index in [1.165, 1.54) is 30.3 Å². The Balaban J connectivity index is 0.000000192. The van der Waals surface area contributed by atoms with Crippen molar-refractivity contribution in [1.82, 2.24) is 19.6 Å². The summed E-state index contributed by atoms with van der Waals surface area (Å²) in [6.07, 6.45) is 0. The Morgan fingerprint density at radius 3 is 1.39 bits per heavy atom. The summed E-state index contributed by atoms with van der Waals surface area (Å²) in [5, 5.41) is 20.2. The number of halogens is 1. The van der Waals surface area contributed by atoms with Crippen LogP contribution < -0.4 is 5.73 Å². The minimum Gasteiger partial charge on any atom is -0.399 e. The van der Waals surface area contributed by atoms with Crippen molar-refractivity contribution >= 4 is 45.7 Å². The van der Waals surface area contributed by atoms with Gasteiger partial charge in [-0.1, -0.05) is 18.2 Å². The number of carbonyl (C=O) groups is 3. The highest BCUT2D eigenvalue weighted by Crippen LogP contribution is 2.16. The first-order valence-electron chi connectivity index (χ1n) is 14.4. The van der Waals surface area contributed by atoms with Crippen molar-refractivity contribution in [2.24, 2.45) is 0 Å². The Labute approximate surface area is 271 Å². The van der Waals surface area contributed by atoms with Gasteiger partial charge in [-0.05, 0) is 56.0 Å². The molecule has 0 atom stereocenters. The van der Waals surface area contributed by atoms with Crippen LogP contribution in [0.5, 0.6) is 0 Å². The molecule has 0 aliphatic carbocycles. The lowest BCUT2D eigenvalue weighted by Gasteiger charge is -2.32. The van der Waals surface area contributed by atoms with Crippen molar-refractivity contribution in [2.45, 2.75) is 0 Å². The van der Waals surface area contributed by atoms with Gasteiger partial charge in [-0.25, -0.2) is 0 Å². The fourth-order valence-electron chi connectivity index (χ4n) is 4.55. The summed E-state index contributed by atoms with van der Waals surface area (Å²) in [5.74, 6) is -0.0489. The van der Waals surface area contributed by atoms with Crippen LogP contribution in [-0.4, -0.2) is 113 Å². The number of amides is 2. The Hall–Kier alpha value is -4.92. The molecule has 2 heterocycles. The molecule has 3 aromatic rings. The Bertz CT molecular complexity index is 1530. The van der Waals surface area contributed by atoms with E-state index in [1.54, 1.807) is 29.2 Å². The molecule has 0 saturated carbocycles. The quantitative estimate of drug-likeness (QED) is 0.185. The smallest absolute Gasteiger partial charge is 0.270 e. The third kappa shape index (κ3) is 10.6. The number of non-ortho nitro benzene ring substituents is 2. The van der Waals surface area contributed by atoms with Gasteiger partial charge in [0.25, 0.3) is 28.4 Å². The maximum absolute atomic E-state index is 12.2. The number of rotatable bonds is 5. The molecular formula is C31H36ClN7O7. The van der Waals surface area contributed by atoms with Gasteiger partial charge in [-0.15, -0.1) is 0 Å². The average Bonchev–Trinajstić information content (AvgIpc) is 3.05. The van der Waals surface area contributed by atoms with Crippen LogP contribution in [0.2, 0.25) is 0 Å². The van der Waals surface area contributed by atoms with E-state index in [0.29, 0.717) is 29.9 Å². The number of benzene rings is 3. The maximum atomic E-state index is 12.2. The number of nitro groups is 2. The molecule has 15 heteroatoms. The van der Waals surface area contributed by atoms with E-state index in [-0.39, 0.29) is 28.8 Å². The van der Waals surface area contributed by atoms with Crippen molar-refractivity contribution in [1.29, 1.82) is 0 Å². The monoisotopic (exact) mass is 653 g/mol. The van der Waals surface area contributed by atoms with E-state index >= 15 is 0 Å². The van der Waals surface area contributed by atoms with Gasteiger partial charge in [0.2, 0.25) is 0 Å². The van der Waals surface area contributed by atoms with E-state index in [2.05, 4.69) is 16.8 Å². The number of likely N-dealkylation sites (N-methyl/N-ethyl adjacent to an activating group) is 2. The van der Waals surface area contributed by atoms with Gasteiger partial charge < -0.3 is 25.3 Å². The van der Waals surface area contributed by atoms with Crippen molar-refractivity contribution < 1.29 is 24.2 Å². The number of hydrogen-bond acceptors (Lipinski definition) is 10. The van der Waals surface area contributed by atoms with Gasteiger partial charge in [0, 0.05) is 99.0 Å². The van der Waals surface area contributed by atoms with E-state index < -0.39 is 15.1 Å². The fourth-order valence-corrected chi connectivity index (χ4v) is 4.67. The fraction of sp³-hybridized carbons (Fsp3) is 0.323. The molecule has 0 spiro atoms. The van der Waals surface area contributed by atoms with E-state index in [1.807, 2.05) is 24.1 Å². The van der Waals surface area contributed by atoms with Gasteiger partial charge in [-0.3, -0.25) is 34.6 Å². The number of nitrogens with two attached hydrogens (primary N) is 1. The number of nitrogens with zero attached hydrogens (tertiary/aromatic N) is 6. The third-order valence-electron chi connectivity index (χ3n) is 7.30. The van der Waals surface area contributed by atoms with Gasteiger partial charge in [0.15, 0.2) is 0 Å². The summed E-state index contributed by atoms with van der Waals surface area (Å²) in [6.45, 7) is 6.47. The summed E-state index contributed by atoms with van der Waals surface area (Å²) in [6, 6.07) is 18.3. The molecule has 14 nitrogen and oxygen atoms in total. The second-order valence-electron chi connectivity index (χ2n) is 10.7. The summed E-state index contributed by atoms with van der Waals surface area (Å²) in [4.78, 5) is 62.7. The average molecular weight is 654 g/mol. The van der Waals surface area contributed by atoms with Crippen molar-refractivity contribution in [3.8, 4) is 0 Å². The Kier molecular flexibility index (Phi) is 13.1. The number of carbonyl (C=O) groups excluding carboxylic acids is 3. The van der Waals surface area contributed by atoms with Gasteiger partial charge in [0.1, 0.15) is 0 Å². The minimum atomic E-state index is -0.696. The molecule has 0 unspecified atom stereocenters. The molecule has 46 heavy (non-hydrogen) atoms. The SMILES string of the molecule is CN1CCN(C(=O)c2cccc(N)c2)CC1.CN1CCN(C(=O)c2cccc([N+](=O)[O-])c2)CC1.O=C(Cl)c1cccc([N+](=O)[O-])c1. The van der Waals surface area contributed by atoms with E-state index in [0.717, 1.165) is 45.3 Å². The highest BCUT2D eigenvalue weighted by atomic mass is 35.5. The lowest BCUT2D eigenvalue weighted by atomic mass is 10.1. The molecule has 3 aromatic carbocycles. The first-order chi connectivity index (χ1) is 21.8. The molecule has 5 rings (SSSR count). The zero-order chi connectivity index (χ0) is 33.8. The topological polar surface area (TPSA) is 176 Å². The second-order valence-corrected chi connectivity index (χ2v) is 11.0. The normalized spacial score (nSPS) is 15.0. The van der Waals surface area contributed by atoms with Crippen LogP contribution in [0, 0.1) is 20.2 Å². The van der Waals surface area contributed by atoms with Crippen LogP contribution in [0.3, 0.4) is 0 Å². The van der Waals surface area contributed by atoms with E-state index in [9.17, 15) is 34.6 Å². The number of anilines is 1. The Morgan fingerprint density at radius 1 is 0.630 bits per heavy atom. The largest absolute Gasteiger partial charge is 0.399 e. The predicted octanol–water partition coefficient (Wildman–Crippen LogP) is 3.61. The molecule has 244 valence electrons. The number of nitrogen functional groups attached to an aromatic ring is 1. The van der Waals surface area contributed by atoms with Crippen molar-refractivity contribution in [3.05, 3.63) is 110 Å². The van der Waals surface area contributed by atoms with Crippen molar-refractivity contribution in [3.63, 3.8) is 0 Å².